The highest BCUT2D eigenvalue weighted by molar-refractivity contribution is 6.42. The Labute approximate surface area is 120 Å². The van der Waals surface area contributed by atoms with Crippen molar-refractivity contribution in [1.82, 2.24) is 4.98 Å². The molecule has 0 aliphatic carbocycles. The molecular formula is C13H8Cl3NO. The molecule has 0 atom stereocenters. The smallest absolute Gasteiger partial charge is 0.187 e. The van der Waals surface area contributed by atoms with Crippen molar-refractivity contribution in [1.29, 1.82) is 0 Å². The Bertz CT molecular complexity index is 599. The van der Waals surface area contributed by atoms with E-state index < -0.39 is 0 Å². The fourth-order valence-electron chi connectivity index (χ4n) is 1.51. The largest absolute Gasteiger partial charge is 0.292 e. The van der Waals surface area contributed by atoms with Crippen molar-refractivity contribution in [3.63, 3.8) is 0 Å². The minimum atomic E-state index is -0.154. The number of pyridine rings is 1. The molecule has 1 aromatic carbocycles. The van der Waals surface area contributed by atoms with Crippen molar-refractivity contribution in [3.05, 3.63) is 62.9 Å². The summed E-state index contributed by atoms with van der Waals surface area (Å²) in [4.78, 5) is 16.0. The molecule has 2 aromatic rings. The summed E-state index contributed by atoms with van der Waals surface area (Å²) in [7, 11) is 0. The lowest BCUT2D eigenvalue weighted by atomic mass is 10.1. The SMILES string of the molecule is O=C(Cc1ccc(Cl)c(Cl)c1)c1ncccc1Cl. The summed E-state index contributed by atoms with van der Waals surface area (Å²) in [6, 6.07) is 8.39. The minimum absolute atomic E-state index is 0.154. The van der Waals surface area contributed by atoms with E-state index >= 15 is 0 Å². The first-order valence-electron chi connectivity index (χ1n) is 5.15. The van der Waals surface area contributed by atoms with Crippen molar-refractivity contribution in [2.45, 2.75) is 6.42 Å². The molecule has 0 radical (unpaired) electrons. The molecule has 0 amide bonds. The maximum atomic E-state index is 12.0. The lowest BCUT2D eigenvalue weighted by Crippen LogP contribution is -2.06. The highest BCUT2D eigenvalue weighted by Gasteiger charge is 2.12. The van der Waals surface area contributed by atoms with Gasteiger partial charge in [-0.25, -0.2) is 0 Å². The number of hydrogen-bond acceptors (Lipinski definition) is 2. The van der Waals surface area contributed by atoms with Gasteiger partial charge in [0.25, 0.3) is 0 Å². The first-order valence-corrected chi connectivity index (χ1v) is 6.29. The Morgan fingerprint density at radius 1 is 1.06 bits per heavy atom. The average molecular weight is 301 g/mol. The summed E-state index contributed by atoms with van der Waals surface area (Å²) in [5, 5.41) is 1.24. The van der Waals surface area contributed by atoms with Crippen molar-refractivity contribution in [3.8, 4) is 0 Å². The Balaban J connectivity index is 2.22. The number of hydrogen-bond donors (Lipinski definition) is 0. The first-order chi connectivity index (χ1) is 8.58. The van der Waals surface area contributed by atoms with E-state index in [2.05, 4.69) is 4.98 Å². The third-order valence-corrected chi connectivity index (χ3v) is 3.42. The quantitative estimate of drug-likeness (QED) is 0.783. The van der Waals surface area contributed by atoms with E-state index in [-0.39, 0.29) is 17.9 Å². The molecule has 0 saturated heterocycles. The van der Waals surface area contributed by atoms with E-state index in [0.29, 0.717) is 15.1 Å². The van der Waals surface area contributed by atoms with Crippen LogP contribution in [0.1, 0.15) is 16.1 Å². The summed E-state index contributed by atoms with van der Waals surface area (Å²) >= 11 is 17.6. The van der Waals surface area contributed by atoms with Crippen molar-refractivity contribution in [2.24, 2.45) is 0 Å². The number of halogens is 3. The van der Waals surface area contributed by atoms with Gasteiger partial charge in [0.2, 0.25) is 0 Å². The van der Waals surface area contributed by atoms with Crippen molar-refractivity contribution >= 4 is 40.6 Å². The van der Waals surface area contributed by atoms with Crippen LogP contribution in [0.15, 0.2) is 36.5 Å². The highest BCUT2D eigenvalue weighted by atomic mass is 35.5. The predicted octanol–water partition coefficient (Wildman–Crippen LogP) is 4.47. The Hall–Kier alpha value is -1.09. The Kier molecular flexibility index (Phi) is 4.23. The molecule has 0 N–H and O–H groups in total. The maximum Gasteiger partial charge on any atom is 0.187 e. The van der Waals surface area contributed by atoms with Crippen LogP contribution in [-0.4, -0.2) is 10.8 Å². The summed E-state index contributed by atoms with van der Waals surface area (Å²) in [5.74, 6) is -0.154. The lowest BCUT2D eigenvalue weighted by Gasteiger charge is -2.04. The lowest BCUT2D eigenvalue weighted by molar-refractivity contribution is 0.0988. The van der Waals surface area contributed by atoms with Gasteiger partial charge in [-0.2, -0.15) is 0 Å². The molecule has 0 aliphatic heterocycles. The van der Waals surface area contributed by atoms with E-state index in [4.69, 9.17) is 34.8 Å². The van der Waals surface area contributed by atoms with E-state index in [1.165, 1.54) is 6.20 Å². The third kappa shape index (κ3) is 3.02. The molecular weight excluding hydrogens is 293 g/mol. The van der Waals surface area contributed by atoms with Gasteiger partial charge in [-0.3, -0.25) is 9.78 Å². The highest BCUT2D eigenvalue weighted by Crippen LogP contribution is 2.23. The second-order valence-corrected chi connectivity index (χ2v) is 4.90. The normalized spacial score (nSPS) is 10.4. The van der Waals surface area contributed by atoms with E-state index in [9.17, 15) is 4.79 Å². The summed E-state index contributed by atoms with van der Waals surface area (Å²) < 4.78 is 0. The molecule has 0 saturated carbocycles. The van der Waals surface area contributed by atoms with Gasteiger partial charge in [-0.05, 0) is 29.8 Å². The maximum absolute atomic E-state index is 12.0. The van der Waals surface area contributed by atoms with E-state index in [0.717, 1.165) is 5.56 Å². The molecule has 5 heteroatoms. The molecule has 0 bridgehead atoms. The molecule has 18 heavy (non-hydrogen) atoms. The molecule has 0 aliphatic rings. The fraction of sp³-hybridized carbons (Fsp3) is 0.0769. The van der Waals surface area contributed by atoms with Crippen LogP contribution in [0.3, 0.4) is 0 Å². The monoisotopic (exact) mass is 299 g/mol. The first kappa shape index (κ1) is 13.3. The molecule has 1 aromatic heterocycles. The summed E-state index contributed by atoms with van der Waals surface area (Å²) in [6.07, 6.45) is 1.72. The zero-order valence-corrected chi connectivity index (χ0v) is 11.4. The Morgan fingerprint density at radius 3 is 2.50 bits per heavy atom. The zero-order chi connectivity index (χ0) is 13.1. The van der Waals surface area contributed by atoms with Gasteiger partial charge < -0.3 is 0 Å². The molecule has 92 valence electrons. The van der Waals surface area contributed by atoms with Crippen LogP contribution in [0.25, 0.3) is 0 Å². The van der Waals surface area contributed by atoms with Crippen LogP contribution in [-0.2, 0) is 6.42 Å². The van der Waals surface area contributed by atoms with Gasteiger partial charge in [0.05, 0.1) is 15.1 Å². The van der Waals surface area contributed by atoms with Crippen molar-refractivity contribution < 1.29 is 4.79 Å². The third-order valence-electron chi connectivity index (χ3n) is 2.37. The number of carbonyl (C=O) groups is 1. The minimum Gasteiger partial charge on any atom is -0.292 e. The van der Waals surface area contributed by atoms with Gasteiger partial charge >= 0.3 is 0 Å². The molecule has 2 nitrogen and oxygen atoms in total. The van der Waals surface area contributed by atoms with Crippen LogP contribution in [0.2, 0.25) is 15.1 Å². The second-order valence-electron chi connectivity index (χ2n) is 3.68. The number of ketones is 1. The van der Waals surface area contributed by atoms with Crippen LogP contribution in [0.4, 0.5) is 0 Å². The zero-order valence-electron chi connectivity index (χ0n) is 9.16. The second kappa shape index (κ2) is 5.70. The average Bonchev–Trinajstić information content (AvgIpc) is 2.34. The van der Waals surface area contributed by atoms with Crippen LogP contribution < -0.4 is 0 Å². The van der Waals surface area contributed by atoms with Gasteiger partial charge in [-0.1, -0.05) is 40.9 Å². The van der Waals surface area contributed by atoms with Gasteiger partial charge in [0.15, 0.2) is 5.78 Å². The van der Waals surface area contributed by atoms with Crippen LogP contribution >= 0.6 is 34.8 Å². The number of Topliss-reactive ketones (excluding diaryl/α,β-unsaturated/α-hetero) is 1. The number of nitrogens with zero attached hydrogens (tertiary/aromatic N) is 1. The van der Waals surface area contributed by atoms with Crippen LogP contribution in [0.5, 0.6) is 0 Å². The molecule has 2 rings (SSSR count). The van der Waals surface area contributed by atoms with Gasteiger partial charge in [0, 0.05) is 12.6 Å². The van der Waals surface area contributed by atoms with Gasteiger partial charge in [-0.15, -0.1) is 0 Å². The van der Waals surface area contributed by atoms with E-state index in [1.807, 2.05) is 0 Å². The Morgan fingerprint density at radius 2 is 1.83 bits per heavy atom. The topological polar surface area (TPSA) is 30.0 Å². The fourth-order valence-corrected chi connectivity index (χ4v) is 2.06. The molecule has 0 spiro atoms. The number of aromatic nitrogens is 1. The molecule has 1 heterocycles. The number of benzene rings is 1. The van der Waals surface area contributed by atoms with Crippen molar-refractivity contribution in [2.75, 3.05) is 0 Å². The molecule has 0 fully saturated rings. The van der Waals surface area contributed by atoms with Crippen LogP contribution in [0, 0.1) is 0 Å². The summed E-state index contributed by atoms with van der Waals surface area (Å²) in [5.41, 5.74) is 1.04. The number of rotatable bonds is 3. The number of carbonyl (C=O) groups excluding carboxylic acids is 1. The molecule has 0 unspecified atom stereocenters. The van der Waals surface area contributed by atoms with Gasteiger partial charge in [0.1, 0.15) is 5.69 Å². The predicted molar refractivity (Wildman–Crippen MR) is 73.7 cm³/mol. The van der Waals surface area contributed by atoms with E-state index in [1.54, 1.807) is 30.3 Å². The standard InChI is InChI=1S/C13H8Cl3NO/c14-9-4-3-8(6-11(9)16)7-12(18)13-10(15)2-1-5-17-13/h1-6H,7H2. The summed E-state index contributed by atoms with van der Waals surface area (Å²) in [6.45, 7) is 0.